The summed E-state index contributed by atoms with van der Waals surface area (Å²) in [7, 11) is 0. The molecule has 1 aliphatic carbocycles. The van der Waals surface area contributed by atoms with Crippen molar-refractivity contribution in [3.8, 4) is 0 Å². The van der Waals surface area contributed by atoms with Crippen molar-refractivity contribution < 1.29 is 24.3 Å². The minimum absolute atomic E-state index is 0.121. The average Bonchev–Trinajstić information content (AvgIpc) is 3.20. The summed E-state index contributed by atoms with van der Waals surface area (Å²) in [6, 6.07) is -0.908. The van der Waals surface area contributed by atoms with E-state index in [4.69, 9.17) is 0 Å². The second-order valence-corrected chi connectivity index (χ2v) is 7.30. The number of amides is 4. The maximum Gasteiger partial charge on any atom is 0.249 e. The van der Waals surface area contributed by atoms with E-state index in [1.165, 1.54) is 0 Å². The van der Waals surface area contributed by atoms with Gasteiger partial charge >= 0.3 is 0 Å². The average molecular weight is 359 g/mol. The molecule has 0 aromatic heterocycles. The molecule has 4 unspecified atom stereocenters. The third kappa shape index (κ3) is 2.65. The first-order chi connectivity index (χ1) is 12.5. The van der Waals surface area contributed by atoms with Gasteiger partial charge in [0.2, 0.25) is 23.6 Å². The second-order valence-electron chi connectivity index (χ2n) is 7.30. The second kappa shape index (κ2) is 6.35. The summed E-state index contributed by atoms with van der Waals surface area (Å²) >= 11 is 0. The molecular weight excluding hydrogens is 338 g/mol. The molecule has 0 aromatic rings. The zero-order chi connectivity index (χ0) is 18.4. The van der Waals surface area contributed by atoms with Crippen LogP contribution in [-0.4, -0.2) is 64.3 Å². The van der Waals surface area contributed by atoms with Crippen LogP contribution in [-0.2, 0) is 19.2 Å². The quantitative estimate of drug-likeness (QED) is 0.637. The first kappa shape index (κ1) is 17.0. The Morgan fingerprint density at radius 3 is 2.58 bits per heavy atom. The summed E-state index contributed by atoms with van der Waals surface area (Å²) < 4.78 is 0. The lowest BCUT2D eigenvalue weighted by Gasteiger charge is -2.28. The van der Waals surface area contributed by atoms with Crippen molar-refractivity contribution in [1.29, 1.82) is 0 Å². The summed E-state index contributed by atoms with van der Waals surface area (Å²) in [5.74, 6) is -2.70. The van der Waals surface area contributed by atoms with Gasteiger partial charge in [-0.1, -0.05) is 6.08 Å². The molecule has 0 spiro atoms. The molecule has 138 valence electrons. The molecule has 3 saturated heterocycles. The highest BCUT2D eigenvalue weighted by Crippen LogP contribution is 2.37. The number of carbonyl (C=O) groups is 4. The molecule has 26 heavy (non-hydrogen) atoms. The van der Waals surface area contributed by atoms with Gasteiger partial charge in [0.15, 0.2) is 0 Å². The van der Waals surface area contributed by atoms with Crippen molar-refractivity contribution in [2.45, 2.75) is 25.3 Å². The van der Waals surface area contributed by atoms with Crippen LogP contribution in [0.2, 0.25) is 0 Å². The molecule has 0 aromatic carbocycles. The molecule has 0 saturated carbocycles. The number of fused-ring (bicyclic) bond motifs is 1. The van der Waals surface area contributed by atoms with Crippen LogP contribution in [0.1, 0.15) is 19.3 Å². The van der Waals surface area contributed by atoms with Gasteiger partial charge in [-0.25, -0.2) is 0 Å². The van der Waals surface area contributed by atoms with Crippen LogP contribution in [0.25, 0.3) is 0 Å². The van der Waals surface area contributed by atoms with Gasteiger partial charge in [-0.3, -0.25) is 29.4 Å². The van der Waals surface area contributed by atoms with Crippen molar-refractivity contribution in [3.05, 3.63) is 23.9 Å². The van der Waals surface area contributed by atoms with Crippen molar-refractivity contribution in [3.63, 3.8) is 0 Å². The lowest BCUT2D eigenvalue weighted by atomic mass is 9.89. The number of hydrogen-bond donors (Lipinski definition) is 2. The Morgan fingerprint density at radius 1 is 1.12 bits per heavy atom. The number of imide groups is 2. The summed E-state index contributed by atoms with van der Waals surface area (Å²) in [6.07, 6.45) is 6.57. The minimum Gasteiger partial charge on any atom is -0.396 e. The van der Waals surface area contributed by atoms with Crippen LogP contribution in [0.15, 0.2) is 23.9 Å². The van der Waals surface area contributed by atoms with Gasteiger partial charge in [0, 0.05) is 37.7 Å². The maximum atomic E-state index is 12.9. The van der Waals surface area contributed by atoms with E-state index in [-0.39, 0.29) is 43.1 Å². The molecule has 4 atom stereocenters. The molecule has 3 fully saturated rings. The fraction of sp³-hybridized carbons (Fsp3) is 0.556. The molecule has 4 aliphatic rings. The number of hydrogen-bond acceptors (Lipinski definition) is 6. The zero-order valence-electron chi connectivity index (χ0n) is 14.3. The van der Waals surface area contributed by atoms with E-state index >= 15 is 0 Å². The Kier molecular flexibility index (Phi) is 4.14. The molecule has 3 aliphatic heterocycles. The maximum absolute atomic E-state index is 12.9. The number of carbonyl (C=O) groups excluding carboxylic acids is 4. The Labute approximate surface area is 150 Å². The van der Waals surface area contributed by atoms with Crippen molar-refractivity contribution in [2.24, 2.45) is 17.8 Å². The molecule has 0 bridgehead atoms. The van der Waals surface area contributed by atoms with E-state index in [9.17, 15) is 24.3 Å². The molecule has 2 N–H and O–H groups in total. The zero-order valence-corrected chi connectivity index (χ0v) is 14.3. The first-order valence-electron chi connectivity index (χ1n) is 8.96. The topological polar surface area (TPSA) is 107 Å². The van der Waals surface area contributed by atoms with E-state index in [1.807, 2.05) is 6.08 Å². The molecule has 4 amide bonds. The normalized spacial score (nSPS) is 34.3. The van der Waals surface area contributed by atoms with Crippen LogP contribution in [0, 0.1) is 17.8 Å². The van der Waals surface area contributed by atoms with Crippen LogP contribution < -0.4 is 5.32 Å². The summed E-state index contributed by atoms with van der Waals surface area (Å²) in [5, 5.41) is 11.5. The van der Waals surface area contributed by atoms with Gasteiger partial charge in [-0.2, -0.15) is 0 Å². The summed E-state index contributed by atoms with van der Waals surface area (Å²) in [5.41, 5.74) is 0.883. The number of allylic oxidation sites excluding steroid dienone is 1. The third-order valence-electron chi connectivity index (χ3n) is 5.69. The molecule has 8 heteroatoms. The Hall–Kier alpha value is -2.48. The van der Waals surface area contributed by atoms with Gasteiger partial charge in [0.05, 0.1) is 11.8 Å². The van der Waals surface area contributed by atoms with Crippen molar-refractivity contribution in [1.82, 2.24) is 15.1 Å². The fourth-order valence-corrected chi connectivity index (χ4v) is 4.22. The minimum atomic E-state index is -0.908. The van der Waals surface area contributed by atoms with Gasteiger partial charge in [0.1, 0.15) is 6.04 Å². The number of nitrogens with one attached hydrogen (secondary N) is 1. The number of aliphatic hydroxyl groups is 1. The molecule has 8 nitrogen and oxygen atoms in total. The first-order valence-corrected chi connectivity index (χ1v) is 8.96. The smallest absolute Gasteiger partial charge is 0.249 e. The standard InChI is InChI=1S/C18H21N3O5/c22-9-10-5-6-20(8-10)11-1-2-12-13(7-11)18(26)21(17(12)25)14-3-4-15(23)19-16(14)24/h1-2,7,10,12-14,22H,3-6,8-9H2,(H,19,23,24). The van der Waals surface area contributed by atoms with Crippen LogP contribution >= 0.6 is 0 Å². The highest BCUT2D eigenvalue weighted by Gasteiger charge is 2.51. The van der Waals surface area contributed by atoms with Gasteiger partial charge in [-0.05, 0) is 25.0 Å². The Morgan fingerprint density at radius 2 is 1.88 bits per heavy atom. The van der Waals surface area contributed by atoms with Gasteiger partial charge < -0.3 is 10.0 Å². The summed E-state index contributed by atoms with van der Waals surface area (Å²) in [4.78, 5) is 52.1. The van der Waals surface area contributed by atoms with Crippen molar-refractivity contribution in [2.75, 3.05) is 19.7 Å². The fourth-order valence-electron chi connectivity index (χ4n) is 4.22. The van der Waals surface area contributed by atoms with E-state index in [1.54, 1.807) is 12.2 Å². The number of nitrogens with zero attached hydrogens (tertiary/aromatic N) is 2. The highest BCUT2D eigenvalue weighted by atomic mass is 16.3. The molecule has 0 radical (unpaired) electrons. The van der Waals surface area contributed by atoms with E-state index in [2.05, 4.69) is 10.2 Å². The number of piperidine rings is 1. The molecular formula is C18H21N3O5. The molecule has 4 rings (SSSR count). The number of likely N-dealkylation sites (tertiary alicyclic amines) is 2. The predicted octanol–water partition coefficient (Wildman–Crippen LogP) is -0.839. The van der Waals surface area contributed by atoms with E-state index in [0.717, 1.165) is 30.1 Å². The Balaban J connectivity index is 1.55. The predicted molar refractivity (Wildman–Crippen MR) is 89.0 cm³/mol. The van der Waals surface area contributed by atoms with Crippen LogP contribution in [0.3, 0.4) is 0 Å². The highest BCUT2D eigenvalue weighted by molar-refractivity contribution is 6.12. The summed E-state index contributed by atoms with van der Waals surface area (Å²) in [6.45, 7) is 1.67. The van der Waals surface area contributed by atoms with E-state index in [0.29, 0.717) is 0 Å². The largest absolute Gasteiger partial charge is 0.396 e. The monoisotopic (exact) mass is 359 g/mol. The lowest BCUT2D eigenvalue weighted by molar-refractivity contribution is -0.151. The van der Waals surface area contributed by atoms with Crippen LogP contribution in [0.5, 0.6) is 0 Å². The SMILES string of the molecule is O=C1CCC(N2C(=O)C3C=CC(N4CCC(CO)C4)=CC3C2=O)C(=O)N1. The Bertz CT molecular complexity index is 743. The van der Waals surface area contributed by atoms with Gasteiger partial charge in [-0.15, -0.1) is 0 Å². The van der Waals surface area contributed by atoms with Crippen molar-refractivity contribution >= 4 is 23.6 Å². The lowest BCUT2D eigenvalue weighted by Crippen LogP contribution is -2.54. The van der Waals surface area contributed by atoms with E-state index < -0.39 is 23.8 Å². The number of aliphatic hydroxyl groups excluding tert-OH is 1. The van der Waals surface area contributed by atoms with Gasteiger partial charge in [0.25, 0.3) is 0 Å². The molecule has 3 heterocycles. The van der Waals surface area contributed by atoms with Crippen LogP contribution in [0.4, 0.5) is 0 Å². The number of rotatable bonds is 3. The third-order valence-corrected chi connectivity index (χ3v) is 5.69.